The zero-order valence-electron chi connectivity index (χ0n) is 20.1. The van der Waals surface area contributed by atoms with Gasteiger partial charge in [-0.05, 0) is 42.8 Å². The van der Waals surface area contributed by atoms with E-state index >= 15 is 0 Å². The molecule has 2 aliphatic heterocycles. The Labute approximate surface area is 226 Å². The minimum absolute atomic E-state index is 0.00800. The van der Waals surface area contributed by atoms with Crippen molar-refractivity contribution < 1.29 is 33.7 Å². The van der Waals surface area contributed by atoms with Gasteiger partial charge >= 0.3 is 11.9 Å². The molecular weight excluding hydrogens is 532 g/mol. The monoisotopic (exact) mass is 552 g/mol. The maximum absolute atomic E-state index is 13.4. The molecule has 0 radical (unpaired) electrons. The Morgan fingerprint density at radius 2 is 2.00 bits per heavy atom. The molecule has 38 heavy (non-hydrogen) atoms. The van der Waals surface area contributed by atoms with Gasteiger partial charge in [-0.2, -0.15) is 0 Å². The third-order valence-corrected chi connectivity index (χ3v) is 7.31. The molecule has 5 rings (SSSR count). The summed E-state index contributed by atoms with van der Waals surface area (Å²) in [4.78, 5) is 45.1. The number of hydrogen-bond acceptors (Lipinski definition) is 9. The molecule has 1 aromatic heterocycles. The van der Waals surface area contributed by atoms with Crippen LogP contribution >= 0.6 is 22.9 Å². The number of amides is 1. The second-order valence-electron chi connectivity index (χ2n) is 8.38. The fourth-order valence-corrected chi connectivity index (χ4v) is 5.43. The Bertz CT molecular complexity index is 1510. The molecule has 0 unspecified atom stereocenters. The molecule has 1 saturated heterocycles. The number of hydrogen-bond donors (Lipinski definition) is 1. The molecule has 9 nitrogen and oxygen atoms in total. The van der Waals surface area contributed by atoms with Gasteiger partial charge in [0.05, 0.1) is 17.3 Å². The highest BCUT2D eigenvalue weighted by atomic mass is 35.5. The predicted octanol–water partition coefficient (Wildman–Crippen LogP) is 4.85. The number of Topliss-reactive ketones (excluding diaryl/α,β-unsaturated/α-hetero) is 1. The maximum atomic E-state index is 13.4. The van der Waals surface area contributed by atoms with Crippen LogP contribution in [-0.2, 0) is 14.3 Å². The lowest BCUT2D eigenvalue weighted by atomic mass is 9.95. The molecule has 1 atom stereocenters. The lowest BCUT2D eigenvalue weighted by Crippen LogP contribution is -2.29. The van der Waals surface area contributed by atoms with Crippen molar-refractivity contribution in [1.29, 1.82) is 0 Å². The minimum Gasteiger partial charge on any atom is -0.507 e. The molecular formula is C27H21ClN2O7S. The molecule has 11 heteroatoms. The summed E-state index contributed by atoms with van der Waals surface area (Å²) in [6.07, 6.45) is 1.44. The molecule has 2 aromatic carbocycles. The first-order valence-electron chi connectivity index (χ1n) is 11.5. The van der Waals surface area contributed by atoms with Crippen LogP contribution in [0.2, 0.25) is 5.02 Å². The molecule has 2 aliphatic rings. The summed E-state index contributed by atoms with van der Waals surface area (Å²) >= 11 is 7.16. The maximum Gasteiger partial charge on any atom is 0.350 e. The number of carbonyl (C=O) groups excluding carboxylic acids is 3. The average molecular weight is 553 g/mol. The van der Waals surface area contributed by atoms with Crippen LogP contribution in [-0.4, -0.2) is 47.6 Å². The van der Waals surface area contributed by atoms with Gasteiger partial charge in [-0.25, -0.2) is 9.78 Å². The number of rotatable bonds is 6. The topological polar surface area (TPSA) is 115 Å². The number of benzene rings is 2. The summed E-state index contributed by atoms with van der Waals surface area (Å²) in [6.45, 7) is 5.87. The lowest BCUT2D eigenvalue weighted by molar-refractivity contribution is -0.132. The van der Waals surface area contributed by atoms with Crippen LogP contribution in [0, 0.1) is 6.92 Å². The van der Waals surface area contributed by atoms with E-state index in [1.165, 1.54) is 11.0 Å². The fourth-order valence-electron chi connectivity index (χ4n) is 4.24. The van der Waals surface area contributed by atoms with Crippen molar-refractivity contribution in [3.63, 3.8) is 0 Å². The molecule has 3 aromatic rings. The highest BCUT2D eigenvalue weighted by Crippen LogP contribution is 2.45. The molecule has 0 saturated carbocycles. The number of carbonyl (C=O) groups is 3. The number of aliphatic hydroxyl groups is 1. The number of aliphatic hydroxyl groups excluding tert-OH is 1. The van der Waals surface area contributed by atoms with Gasteiger partial charge in [0.1, 0.15) is 30.5 Å². The summed E-state index contributed by atoms with van der Waals surface area (Å²) in [5.74, 6) is -1.93. The van der Waals surface area contributed by atoms with Gasteiger partial charge in [0.15, 0.2) is 16.6 Å². The summed E-state index contributed by atoms with van der Waals surface area (Å²) in [5, 5.41) is 11.8. The molecule has 3 heterocycles. The predicted molar refractivity (Wildman–Crippen MR) is 141 cm³/mol. The average Bonchev–Trinajstić information content (AvgIpc) is 3.43. The molecule has 1 N–H and O–H groups in total. The second kappa shape index (κ2) is 10.3. The quantitative estimate of drug-likeness (QED) is 0.152. The van der Waals surface area contributed by atoms with Crippen LogP contribution in [0.5, 0.6) is 11.5 Å². The van der Waals surface area contributed by atoms with Gasteiger partial charge in [0.2, 0.25) is 0 Å². The number of thiazole rings is 1. The first kappa shape index (κ1) is 25.5. The zero-order valence-corrected chi connectivity index (χ0v) is 21.7. The number of fused-ring (bicyclic) bond motifs is 1. The molecule has 0 bridgehead atoms. The van der Waals surface area contributed by atoms with Gasteiger partial charge in [0.25, 0.3) is 5.78 Å². The number of ketones is 1. The highest BCUT2D eigenvalue weighted by Gasteiger charge is 2.48. The van der Waals surface area contributed by atoms with Crippen molar-refractivity contribution in [1.82, 2.24) is 4.98 Å². The summed E-state index contributed by atoms with van der Waals surface area (Å²) in [7, 11) is 0. The summed E-state index contributed by atoms with van der Waals surface area (Å²) < 4.78 is 16.3. The van der Waals surface area contributed by atoms with Gasteiger partial charge in [-0.1, -0.05) is 47.7 Å². The summed E-state index contributed by atoms with van der Waals surface area (Å²) in [6, 6.07) is 10.3. The Kier molecular flexibility index (Phi) is 6.92. The Balaban J connectivity index is 1.65. The van der Waals surface area contributed by atoms with Gasteiger partial charge < -0.3 is 19.3 Å². The lowest BCUT2D eigenvalue weighted by Gasteiger charge is -2.23. The first-order valence-corrected chi connectivity index (χ1v) is 12.7. The van der Waals surface area contributed by atoms with Gasteiger partial charge in [-0.3, -0.25) is 14.5 Å². The number of ether oxygens (including phenoxy) is 3. The van der Waals surface area contributed by atoms with Crippen molar-refractivity contribution in [2.45, 2.75) is 13.0 Å². The Morgan fingerprint density at radius 3 is 2.74 bits per heavy atom. The van der Waals surface area contributed by atoms with Gasteiger partial charge in [0, 0.05) is 10.6 Å². The van der Waals surface area contributed by atoms with Crippen LogP contribution in [0.15, 0.2) is 60.7 Å². The van der Waals surface area contributed by atoms with E-state index in [0.29, 0.717) is 41.0 Å². The van der Waals surface area contributed by atoms with Crippen LogP contribution in [0.25, 0.3) is 5.76 Å². The van der Waals surface area contributed by atoms with E-state index in [1.54, 1.807) is 49.4 Å². The second-order valence-corrected chi connectivity index (χ2v) is 9.79. The van der Waals surface area contributed by atoms with Crippen molar-refractivity contribution in [2.24, 2.45) is 0 Å². The standard InChI is InChI=1S/C27H21ClN2O7S/c1-3-9-37-26(34)24-14(2)29-27(38-24)30-21(15-5-4-6-17(28)12-15)20(23(32)25(30)33)22(31)16-7-8-18-19(13-16)36-11-10-35-18/h3-8,12-13,21,31H,1,9-11H2,2H3/b22-20+/t21-/m0/s1. The minimum atomic E-state index is -1.07. The van der Waals surface area contributed by atoms with Crippen LogP contribution in [0.1, 0.15) is 32.5 Å². The van der Waals surface area contributed by atoms with E-state index in [9.17, 15) is 19.5 Å². The number of aryl methyl sites for hydroxylation is 1. The van der Waals surface area contributed by atoms with E-state index in [4.69, 9.17) is 25.8 Å². The first-order chi connectivity index (χ1) is 18.3. The number of aromatic nitrogens is 1. The van der Waals surface area contributed by atoms with E-state index in [0.717, 1.165) is 11.3 Å². The van der Waals surface area contributed by atoms with Gasteiger partial charge in [-0.15, -0.1) is 0 Å². The normalized spacial score (nSPS) is 17.9. The van der Waals surface area contributed by atoms with E-state index in [-0.39, 0.29) is 27.8 Å². The van der Waals surface area contributed by atoms with Crippen molar-refractivity contribution in [3.05, 3.63) is 87.4 Å². The van der Waals surface area contributed by atoms with Crippen LogP contribution < -0.4 is 14.4 Å². The highest BCUT2D eigenvalue weighted by molar-refractivity contribution is 7.17. The third-order valence-electron chi connectivity index (χ3n) is 5.93. The fraction of sp³-hybridized carbons (Fsp3) is 0.185. The van der Waals surface area contributed by atoms with E-state index < -0.39 is 29.5 Å². The van der Waals surface area contributed by atoms with Crippen LogP contribution in [0.4, 0.5) is 5.13 Å². The van der Waals surface area contributed by atoms with E-state index in [2.05, 4.69) is 11.6 Å². The number of anilines is 1. The SMILES string of the molecule is C=CCOC(=O)c1sc(N2C(=O)C(=O)/C(=C(/O)c3ccc4c(c3)OCCO4)[C@@H]2c2cccc(Cl)c2)nc1C. The largest absolute Gasteiger partial charge is 0.507 e. The summed E-state index contributed by atoms with van der Waals surface area (Å²) in [5.41, 5.74) is 0.915. The smallest absolute Gasteiger partial charge is 0.350 e. The molecule has 0 aliphatic carbocycles. The number of esters is 1. The van der Waals surface area contributed by atoms with Crippen LogP contribution in [0.3, 0.4) is 0 Å². The number of nitrogens with zero attached hydrogens (tertiary/aromatic N) is 2. The molecule has 1 fully saturated rings. The van der Waals surface area contributed by atoms with Crippen molar-refractivity contribution in [2.75, 3.05) is 24.7 Å². The molecule has 1 amide bonds. The zero-order chi connectivity index (χ0) is 27.0. The molecule has 194 valence electrons. The number of halogens is 1. The van der Waals surface area contributed by atoms with Crippen molar-refractivity contribution in [3.8, 4) is 11.5 Å². The Morgan fingerprint density at radius 1 is 1.24 bits per heavy atom. The molecule has 0 spiro atoms. The van der Waals surface area contributed by atoms with Crippen molar-refractivity contribution >= 4 is 51.5 Å². The van der Waals surface area contributed by atoms with E-state index in [1.807, 2.05) is 0 Å². The Hall–Kier alpha value is -4.15. The third kappa shape index (κ3) is 4.52.